The van der Waals surface area contributed by atoms with Gasteiger partial charge < -0.3 is 4.90 Å². The molecule has 0 saturated carbocycles. The summed E-state index contributed by atoms with van der Waals surface area (Å²) in [6.07, 6.45) is 8.76. The molecular formula is C58H41N. The molecule has 10 aromatic rings. The molecule has 0 radical (unpaired) electrons. The molecule has 11 rings (SSSR count). The third-order valence-corrected chi connectivity index (χ3v) is 12.1. The predicted molar refractivity (Wildman–Crippen MR) is 253 cm³/mol. The second-order valence-electron chi connectivity index (χ2n) is 15.5. The van der Waals surface area contributed by atoms with Gasteiger partial charge in [0.15, 0.2) is 0 Å². The Morgan fingerprint density at radius 2 is 0.932 bits per heavy atom. The number of hydrogen-bond acceptors (Lipinski definition) is 1. The van der Waals surface area contributed by atoms with Crippen molar-refractivity contribution in [2.45, 2.75) is 12.8 Å². The standard InChI is InChI=1S/C58H41N/c1-6-20-40(21-7-1)52-39-53(41-22-8-2-9-23-41)57-50-33-19-17-31-48(50)54-38-43(34-35-51(54)58(57)56(52)42-24-10-3-11-25-42)46-36-37-55(49-32-18-16-30-47(46)49)59(44-26-12-4-13-27-44)45-28-14-5-15-29-45/h1-14,16-28,30-39H,15,29H2. The van der Waals surface area contributed by atoms with E-state index in [-0.39, 0.29) is 0 Å². The molecule has 278 valence electrons. The molecule has 0 heterocycles. The Kier molecular flexibility index (Phi) is 8.71. The van der Waals surface area contributed by atoms with Gasteiger partial charge in [0.05, 0.1) is 5.69 Å². The van der Waals surface area contributed by atoms with Crippen LogP contribution in [0.15, 0.2) is 230 Å². The third kappa shape index (κ3) is 6.02. The fourth-order valence-corrected chi connectivity index (χ4v) is 9.46. The van der Waals surface area contributed by atoms with Crippen LogP contribution in [-0.2, 0) is 0 Å². The summed E-state index contributed by atoms with van der Waals surface area (Å²) in [6.45, 7) is 0. The highest BCUT2D eigenvalue weighted by molar-refractivity contribution is 6.33. The van der Waals surface area contributed by atoms with Crippen LogP contribution in [0.1, 0.15) is 12.8 Å². The Morgan fingerprint density at radius 3 is 1.61 bits per heavy atom. The van der Waals surface area contributed by atoms with E-state index in [1.165, 1.54) is 105 Å². The second-order valence-corrected chi connectivity index (χ2v) is 15.5. The summed E-state index contributed by atoms with van der Waals surface area (Å²) in [5.74, 6) is 0. The lowest BCUT2D eigenvalue weighted by Gasteiger charge is -2.30. The topological polar surface area (TPSA) is 3.24 Å². The lowest BCUT2D eigenvalue weighted by atomic mass is 9.81. The van der Waals surface area contributed by atoms with E-state index >= 15 is 0 Å². The molecule has 0 atom stereocenters. The molecule has 0 aliphatic heterocycles. The van der Waals surface area contributed by atoms with Crippen molar-refractivity contribution in [2.24, 2.45) is 0 Å². The lowest BCUT2D eigenvalue weighted by molar-refractivity contribution is 0.919. The molecule has 1 nitrogen and oxygen atoms in total. The quantitative estimate of drug-likeness (QED) is 0.147. The maximum atomic E-state index is 2.45. The molecule has 0 unspecified atom stereocenters. The molecule has 0 amide bonds. The van der Waals surface area contributed by atoms with E-state index in [1.54, 1.807) is 0 Å². The van der Waals surface area contributed by atoms with E-state index in [0.29, 0.717) is 0 Å². The van der Waals surface area contributed by atoms with Crippen molar-refractivity contribution >= 4 is 54.5 Å². The molecule has 0 spiro atoms. The molecule has 59 heavy (non-hydrogen) atoms. The highest BCUT2D eigenvalue weighted by atomic mass is 15.1. The molecular weight excluding hydrogens is 711 g/mol. The molecule has 0 saturated heterocycles. The SMILES string of the molecule is C1=CCCC(N(c2ccccc2)c2ccc(-c3ccc4c(c3)c3ccccc3c3c(-c5ccccc5)cc(-c5ccccc5)c(-c5ccccc5)c43)c3ccccc23)=C1. The van der Waals surface area contributed by atoms with Gasteiger partial charge in [0.1, 0.15) is 0 Å². The lowest BCUT2D eigenvalue weighted by Crippen LogP contribution is -2.17. The van der Waals surface area contributed by atoms with Gasteiger partial charge >= 0.3 is 0 Å². The van der Waals surface area contributed by atoms with E-state index in [4.69, 9.17) is 0 Å². The first-order chi connectivity index (χ1) is 29.3. The van der Waals surface area contributed by atoms with Gasteiger partial charge in [-0.05, 0) is 131 Å². The van der Waals surface area contributed by atoms with Crippen molar-refractivity contribution in [1.29, 1.82) is 0 Å². The first-order valence-corrected chi connectivity index (χ1v) is 20.7. The van der Waals surface area contributed by atoms with Gasteiger partial charge in [-0.1, -0.05) is 188 Å². The Morgan fingerprint density at radius 1 is 0.356 bits per heavy atom. The molecule has 10 aromatic carbocycles. The monoisotopic (exact) mass is 751 g/mol. The maximum Gasteiger partial charge on any atom is 0.0537 e. The van der Waals surface area contributed by atoms with Gasteiger partial charge in [-0.25, -0.2) is 0 Å². The zero-order valence-electron chi connectivity index (χ0n) is 32.7. The average molecular weight is 752 g/mol. The molecule has 1 heteroatoms. The van der Waals surface area contributed by atoms with Crippen LogP contribution in [-0.4, -0.2) is 0 Å². The fourth-order valence-electron chi connectivity index (χ4n) is 9.46. The first-order valence-electron chi connectivity index (χ1n) is 20.7. The zero-order chi connectivity index (χ0) is 39.1. The van der Waals surface area contributed by atoms with Crippen LogP contribution in [0, 0.1) is 0 Å². The van der Waals surface area contributed by atoms with Crippen LogP contribution < -0.4 is 4.90 Å². The van der Waals surface area contributed by atoms with Crippen molar-refractivity contribution in [2.75, 3.05) is 4.90 Å². The van der Waals surface area contributed by atoms with Gasteiger partial charge in [0.2, 0.25) is 0 Å². The van der Waals surface area contributed by atoms with Gasteiger partial charge in [-0.2, -0.15) is 0 Å². The first kappa shape index (κ1) is 34.7. The summed E-state index contributed by atoms with van der Waals surface area (Å²) >= 11 is 0. The zero-order valence-corrected chi connectivity index (χ0v) is 32.7. The average Bonchev–Trinajstić information content (AvgIpc) is 3.32. The molecule has 1 aliphatic rings. The van der Waals surface area contributed by atoms with Crippen molar-refractivity contribution in [3.63, 3.8) is 0 Å². The number of hydrogen-bond donors (Lipinski definition) is 0. The summed E-state index contributed by atoms with van der Waals surface area (Å²) in [5, 5.41) is 10.1. The predicted octanol–water partition coefficient (Wildman–Crippen LogP) is 16.3. The molecule has 0 aromatic heterocycles. The van der Waals surface area contributed by atoms with Gasteiger partial charge in [-0.3, -0.25) is 0 Å². The summed E-state index contributed by atoms with van der Waals surface area (Å²) in [6, 6.07) is 75.9. The van der Waals surface area contributed by atoms with E-state index in [2.05, 4.69) is 229 Å². The van der Waals surface area contributed by atoms with Crippen LogP contribution in [0.3, 0.4) is 0 Å². The van der Waals surface area contributed by atoms with Crippen LogP contribution in [0.5, 0.6) is 0 Å². The van der Waals surface area contributed by atoms with E-state index < -0.39 is 0 Å². The minimum atomic E-state index is 0.996. The van der Waals surface area contributed by atoms with Crippen LogP contribution >= 0.6 is 0 Å². The fraction of sp³-hybridized carbons (Fsp3) is 0.0345. The summed E-state index contributed by atoms with van der Waals surface area (Å²) in [7, 11) is 0. The smallest absolute Gasteiger partial charge is 0.0537 e. The van der Waals surface area contributed by atoms with E-state index in [9.17, 15) is 0 Å². The number of allylic oxidation sites excluding steroid dienone is 4. The maximum absolute atomic E-state index is 2.45. The normalized spacial score (nSPS) is 12.6. The number of anilines is 2. The number of para-hydroxylation sites is 1. The van der Waals surface area contributed by atoms with Crippen molar-refractivity contribution in [3.8, 4) is 44.5 Å². The Bertz CT molecular complexity index is 3230. The number of benzene rings is 10. The Balaban J connectivity index is 1.22. The summed E-state index contributed by atoms with van der Waals surface area (Å²) in [5.41, 5.74) is 13.5. The largest absolute Gasteiger partial charge is 0.314 e. The summed E-state index contributed by atoms with van der Waals surface area (Å²) < 4.78 is 0. The van der Waals surface area contributed by atoms with Crippen LogP contribution in [0.2, 0.25) is 0 Å². The van der Waals surface area contributed by atoms with Crippen molar-refractivity contribution in [3.05, 3.63) is 230 Å². The molecule has 0 N–H and O–H groups in total. The highest BCUT2D eigenvalue weighted by Gasteiger charge is 2.23. The van der Waals surface area contributed by atoms with Gasteiger partial charge in [0, 0.05) is 16.8 Å². The molecule has 1 aliphatic carbocycles. The Hall–Kier alpha value is -7.48. The number of nitrogens with zero attached hydrogens (tertiary/aromatic N) is 1. The highest BCUT2D eigenvalue weighted by Crippen LogP contribution is 2.50. The van der Waals surface area contributed by atoms with Crippen molar-refractivity contribution in [1.82, 2.24) is 0 Å². The van der Waals surface area contributed by atoms with Crippen molar-refractivity contribution < 1.29 is 0 Å². The summed E-state index contributed by atoms with van der Waals surface area (Å²) in [4.78, 5) is 2.45. The van der Waals surface area contributed by atoms with Gasteiger partial charge in [-0.15, -0.1) is 0 Å². The minimum Gasteiger partial charge on any atom is -0.314 e. The Labute approximate surface area is 345 Å². The number of fused-ring (bicyclic) bond motifs is 7. The van der Waals surface area contributed by atoms with Crippen LogP contribution in [0.4, 0.5) is 11.4 Å². The van der Waals surface area contributed by atoms with E-state index in [0.717, 1.165) is 12.8 Å². The third-order valence-electron chi connectivity index (χ3n) is 12.1. The van der Waals surface area contributed by atoms with Gasteiger partial charge in [0.25, 0.3) is 0 Å². The van der Waals surface area contributed by atoms with E-state index in [1.807, 2.05) is 0 Å². The minimum absolute atomic E-state index is 0.996. The molecule has 0 fully saturated rings. The van der Waals surface area contributed by atoms with Crippen LogP contribution in [0.25, 0.3) is 87.6 Å². The second kappa shape index (κ2) is 14.8. The molecule has 0 bridgehead atoms. The number of rotatable bonds is 7.